The topological polar surface area (TPSA) is 78.1 Å². The van der Waals surface area contributed by atoms with E-state index in [1.54, 1.807) is 0 Å². The molecule has 0 bridgehead atoms. The number of anilines is 1. The van der Waals surface area contributed by atoms with Gasteiger partial charge in [0.15, 0.2) is 0 Å². The fourth-order valence-corrected chi connectivity index (χ4v) is 4.45. The summed E-state index contributed by atoms with van der Waals surface area (Å²) in [5.74, 6) is 0.427. The lowest BCUT2D eigenvalue weighted by atomic mass is 10.2. The normalized spacial score (nSPS) is 17.0. The van der Waals surface area contributed by atoms with Crippen LogP contribution >= 0.6 is 11.3 Å². The Kier molecular flexibility index (Phi) is 4.46. The third-order valence-electron chi connectivity index (χ3n) is 4.68. The molecule has 0 unspecified atom stereocenters. The first-order chi connectivity index (χ1) is 12.7. The number of thiophene rings is 1. The summed E-state index contributed by atoms with van der Waals surface area (Å²) in [5.41, 5.74) is 1.70. The molecule has 0 saturated carbocycles. The lowest BCUT2D eigenvalue weighted by molar-refractivity contribution is -0.131. The highest BCUT2D eigenvalue weighted by molar-refractivity contribution is 7.14. The molecule has 0 aliphatic carbocycles. The molecule has 1 saturated heterocycles. The summed E-state index contributed by atoms with van der Waals surface area (Å²) in [6.07, 6.45) is 2.48. The number of hydrogen-bond acceptors (Lipinski definition) is 4. The number of carbonyl (C=O) groups is 2. The monoisotopic (exact) mass is 368 g/mol. The molecule has 26 heavy (non-hydrogen) atoms. The van der Waals surface area contributed by atoms with Crippen LogP contribution in [0.15, 0.2) is 36.4 Å². The van der Waals surface area contributed by atoms with Gasteiger partial charge in [0.05, 0.1) is 22.0 Å². The first-order valence-electron chi connectivity index (χ1n) is 8.81. The van der Waals surface area contributed by atoms with Crippen molar-refractivity contribution in [1.29, 1.82) is 0 Å². The number of amides is 2. The molecule has 2 amide bonds. The zero-order valence-electron chi connectivity index (χ0n) is 14.5. The van der Waals surface area contributed by atoms with Gasteiger partial charge in [0.25, 0.3) is 5.91 Å². The summed E-state index contributed by atoms with van der Waals surface area (Å²) in [6, 6.07) is 11.5. The van der Waals surface area contributed by atoms with Crippen LogP contribution in [0.1, 0.15) is 46.8 Å². The predicted octanol–water partition coefficient (Wildman–Crippen LogP) is 3.95. The summed E-state index contributed by atoms with van der Waals surface area (Å²) in [6.45, 7) is 2.69. The van der Waals surface area contributed by atoms with Gasteiger partial charge in [-0.2, -0.15) is 0 Å². The van der Waals surface area contributed by atoms with Gasteiger partial charge in [-0.05, 0) is 37.1 Å². The van der Waals surface area contributed by atoms with E-state index in [4.69, 9.17) is 0 Å². The van der Waals surface area contributed by atoms with Crippen LogP contribution < -0.4 is 5.32 Å². The molecule has 0 radical (unpaired) electrons. The quantitative estimate of drug-likeness (QED) is 0.732. The summed E-state index contributed by atoms with van der Waals surface area (Å²) < 4.78 is 0. The number of likely N-dealkylation sites (tertiary alicyclic amines) is 1. The van der Waals surface area contributed by atoms with Crippen LogP contribution in [0.2, 0.25) is 0 Å². The lowest BCUT2D eigenvalue weighted by Crippen LogP contribution is -2.29. The van der Waals surface area contributed by atoms with Crippen molar-refractivity contribution >= 4 is 40.1 Å². The number of rotatable bonds is 4. The Morgan fingerprint density at radius 2 is 2.15 bits per heavy atom. The van der Waals surface area contributed by atoms with Gasteiger partial charge in [-0.15, -0.1) is 11.3 Å². The van der Waals surface area contributed by atoms with E-state index in [1.165, 1.54) is 11.3 Å². The Bertz CT molecular complexity index is 928. The number of aromatic nitrogens is 2. The van der Waals surface area contributed by atoms with Crippen molar-refractivity contribution in [2.24, 2.45) is 0 Å². The fraction of sp³-hybridized carbons (Fsp3) is 0.316. The van der Waals surface area contributed by atoms with Crippen LogP contribution in [0.5, 0.6) is 0 Å². The molecule has 1 aromatic carbocycles. The van der Waals surface area contributed by atoms with Crippen molar-refractivity contribution in [3.05, 3.63) is 46.2 Å². The number of nitrogens with one attached hydrogen (secondary N) is 2. The zero-order chi connectivity index (χ0) is 18.1. The highest BCUT2D eigenvalue weighted by atomic mass is 32.1. The summed E-state index contributed by atoms with van der Waals surface area (Å²) in [7, 11) is 0. The minimum Gasteiger partial charge on any atom is -0.335 e. The van der Waals surface area contributed by atoms with Gasteiger partial charge >= 0.3 is 0 Å². The van der Waals surface area contributed by atoms with E-state index >= 15 is 0 Å². The summed E-state index contributed by atoms with van der Waals surface area (Å²) >= 11 is 1.45. The number of para-hydroxylation sites is 2. The molecule has 1 aliphatic rings. The second kappa shape index (κ2) is 6.92. The van der Waals surface area contributed by atoms with Gasteiger partial charge in [-0.3, -0.25) is 14.9 Å². The van der Waals surface area contributed by atoms with Crippen LogP contribution in [-0.4, -0.2) is 33.2 Å². The van der Waals surface area contributed by atoms with E-state index in [2.05, 4.69) is 15.3 Å². The SMILES string of the molecule is CCC(=O)N1CCC[C@@H]1c1ccc(C(=O)Nc2nc3ccccc3[nH]2)s1. The van der Waals surface area contributed by atoms with Crippen molar-refractivity contribution in [3.63, 3.8) is 0 Å². The molecule has 0 spiro atoms. The third-order valence-corrected chi connectivity index (χ3v) is 5.86. The molecule has 134 valence electrons. The van der Waals surface area contributed by atoms with E-state index in [-0.39, 0.29) is 17.9 Å². The summed E-state index contributed by atoms with van der Waals surface area (Å²) in [5, 5.41) is 2.82. The van der Waals surface area contributed by atoms with Crippen LogP contribution in [0.3, 0.4) is 0 Å². The number of fused-ring (bicyclic) bond motifs is 1. The molecule has 3 aromatic rings. The number of H-pyrrole nitrogens is 1. The number of hydrogen-bond donors (Lipinski definition) is 2. The summed E-state index contributed by atoms with van der Waals surface area (Å²) in [4.78, 5) is 35.8. The standard InChI is InChI=1S/C19H20N4O2S/c1-2-17(24)23-11-5-8-14(23)15-9-10-16(26-15)18(25)22-19-20-12-6-3-4-7-13(12)21-19/h3-4,6-7,9-10,14H,2,5,8,11H2,1H3,(H2,20,21,22,25)/t14-/m1/s1. The number of aromatic amines is 1. The highest BCUT2D eigenvalue weighted by Gasteiger charge is 2.30. The van der Waals surface area contributed by atoms with Crippen LogP contribution in [-0.2, 0) is 4.79 Å². The first-order valence-corrected chi connectivity index (χ1v) is 9.62. The first kappa shape index (κ1) is 16.8. The molecular formula is C19H20N4O2S. The average Bonchev–Trinajstić information content (AvgIpc) is 3.37. The van der Waals surface area contributed by atoms with Gasteiger partial charge < -0.3 is 9.88 Å². The van der Waals surface area contributed by atoms with Crippen LogP contribution in [0.4, 0.5) is 5.95 Å². The molecule has 3 heterocycles. The average molecular weight is 368 g/mol. The largest absolute Gasteiger partial charge is 0.335 e. The number of imidazole rings is 1. The Morgan fingerprint density at radius 3 is 2.96 bits per heavy atom. The van der Waals surface area contributed by atoms with E-state index in [9.17, 15) is 9.59 Å². The van der Waals surface area contributed by atoms with Gasteiger partial charge in [-0.1, -0.05) is 19.1 Å². The Balaban J connectivity index is 1.50. The van der Waals surface area contributed by atoms with E-state index in [0.29, 0.717) is 17.2 Å². The maximum Gasteiger partial charge on any atom is 0.268 e. The van der Waals surface area contributed by atoms with Crippen LogP contribution in [0, 0.1) is 0 Å². The Labute approximate surface area is 155 Å². The molecule has 4 rings (SSSR count). The van der Waals surface area contributed by atoms with Crippen molar-refractivity contribution in [1.82, 2.24) is 14.9 Å². The minimum atomic E-state index is -0.188. The Hall–Kier alpha value is -2.67. The van der Waals surface area contributed by atoms with Crippen molar-refractivity contribution in [2.75, 3.05) is 11.9 Å². The van der Waals surface area contributed by atoms with Gasteiger partial charge in [0.1, 0.15) is 0 Å². The molecule has 1 fully saturated rings. The molecule has 2 N–H and O–H groups in total. The second-order valence-corrected chi connectivity index (χ2v) is 7.47. The van der Waals surface area contributed by atoms with Gasteiger partial charge in [-0.25, -0.2) is 4.98 Å². The van der Waals surface area contributed by atoms with Gasteiger partial charge in [0.2, 0.25) is 11.9 Å². The van der Waals surface area contributed by atoms with E-state index in [0.717, 1.165) is 35.3 Å². The van der Waals surface area contributed by atoms with Crippen molar-refractivity contribution in [3.8, 4) is 0 Å². The highest BCUT2D eigenvalue weighted by Crippen LogP contribution is 2.36. The Morgan fingerprint density at radius 1 is 1.31 bits per heavy atom. The van der Waals surface area contributed by atoms with Gasteiger partial charge in [0, 0.05) is 17.8 Å². The van der Waals surface area contributed by atoms with Crippen molar-refractivity contribution in [2.45, 2.75) is 32.2 Å². The third kappa shape index (κ3) is 3.10. The second-order valence-electron chi connectivity index (χ2n) is 6.36. The predicted molar refractivity (Wildman–Crippen MR) is 102 cm³/mol. The van der Waals surface area contributed by atoms with E-state index < -0.39 is 0 Å². The number of carbonyl (C=O) groups excluding carboxylic acids is 2. The molecule has 1 atom stereocenters. The zero-order valence-corrected chi connectivity index (χ0v) is 15.3. The fourth-order valence-electron chi connectivity index (χ4n) is 3.40. The van der Waals surface area contributed by atoms with Crippen molar-refractivity contribution < 1.29 is 9.59 Å². The number of benzene rings is 1. The molecule has 1 aliphatic heterocycles. The molecule has 7 heteroatoms. The maximum absolute atomic E-state index is 12.5. The molecule has 2 aromatic heterocycles. The van der Waals surface area contributed by atoms with E-state index in [1.807, 2.05) is 48.2 Å². The lowest BCUT2D eigenvalue weighted by Gasteiger charge is -2.23. The maximum atomic E-state index is 12.5. The molecular weight excluding hydrogens is 348 g/mol. The minimum absolute atomic E-state index is 0.0974. The number of nitrogens with zero attached hydrogens (tertiary/aromatic N) is 2. The smallest absolute Gasteiger partial charge is 0.268 e. The van der Waals surface area contributed by atoms with Crippen LogP contribution in [0.25, 0.3) is 11.0 Å². The molecule has 6 nitrogen and oxygen atoms in total.